The summed E-state index contributed by atoms with van der Waals surface area (Å²) in [5.74, 6) is 0.617. The summed E-state index contributed by atoms with van der Waals surface area (Å²) < 4.78 is 11.1. The average Bonchev–Trinajstić information content (AvgIpc) is 2.64. The maximum absolute atomic E-state index is 12.1. The molecule has 0 saturated carbocycles. The van der Waals surface area contributed by atoms with Crippen LogP contribution in [0.15, 0.2) is 42.5 Å². The van der Waals surface area contributed by atoms with Crippen molar-refractivity contribution < 1.29 is 19.1 Å². The van der Waals surface area contributed by atoms with Crippen LogP contribution < -0.4 is 20.1 Å². The third-order valence-electron chi connectivity index (χ3n) is 3.52. The van der Waals surface area contributed by atoms with Crippen LogP contribution in [0.2, 0.25) is 5.02 Å². The Bertz CT molecular complexity index is 763. The van der Waals surface area contributed by atoms with Crippen LogP contribution in [-0.2, 0) is 11.4 Å². The molecule has 2 aromatic carbocycles. The molecule has 0 aromatic heterocycles. The minimum absolute atomic E-state index is 0.136. The van der Waals surface area contributed by atoms with E-state index in [4.69, 9.17) is 21.1 Å². The first-order valence-electron chi connectivity index (χ1n) is 8.07. The largest absolute Gasteiger partial charge is 0.493 e. The summed E-state index contributed by atoms with van der Waals surface area (Å²) in [5, 5.41) is 6.01. The Morgan fingerprint density at radius 3 is 2.35 bits per heavy atom. The number of carbonyl (C=O) groups is 2. The van der Waals surface area contributed by atoms with Crippen LogP contribution in [0.3, 0.4) is 0 Å². The van der Waals surface area contributed by atoms with E-state index in [1.807, 2.05) is 12.1 Å². The van der Waals surface area contributed by atoms with E-state index in [1.165, 1.54) is 14.0 Å². The van der Waals surface area contributed by atoms with Gasteiger partial charge in [0.1, 0.15) is 6.61 Å². The highest BCUT2D eigenvalue weighted by Crippen LogP contribution is 2.29. The zero-order valence-electron chi connectivity index (χ0n) is 14.7. The summed E-state index contributed by atoms with van der Waals surface area (Å²) >= 11 is 5.87. The molecule has 0 bridgehead atoms. The molecule has 26 heavy (non-hydrogen) atoms. The fraction of sp³-hybridized carbons (Fsp3) is 0.263. The maximum Gasteiger partial charge on any atom is 0.251 e. The van der Waals surface area contributed by atoms with E-state index in [0.717, 1.165) is 5.56 Å². The third kappa shape index (κ3) is 5.97. The van der Waals surface area contributed by atoms with Crippen LogP contribution in [0.25, 0.3) is 0 Å². The van der Waals surface area contributed by atoms with Gasteiger partial charge in [0.05, 0.1) is 7.11 Å². The van der Waals surface area contributed by atoms with Crippen LogP contribution in [0.4, 0.5) is 0 Å². The maximum atomic E-state index is 12.1. The molecule has 2 rings (SSSR count). The van der Waals surface area contributed by atoms with Gasteiger partial charge in [0.25, 0.3) is 5.91 Å². The molecular weight excluding hydrogens is 356 g/mol. The third-order valence-corrected chi connectivity index (χ3v) is 3.77. The quantitative estimate of drug-likeness (QED) is 0.694. The Kier molecular flexibility index (Phi) is 7.29. The number of benzene rings is 2. The molecule has 0 fully saturated rings. The molecular formula is C19H21ClN2O4. The smallest absolute Gasteiger partial charge is 0.251 e. The van der Waals surface area contributed by atoms with Crippen LogP contribution in [-0.4, -0.2) is 32.0 Å². The van der Waals surface area contributed by atoms with Crippen molar-refractivity contribution in [1.29, 1.82) is 0 Å². The second-order valence-corrected chi connectivity index (χ2v) is 5.96. The first-order valence-corrected chi connectivity index (χ1v) is 8.45. The topological polar surface area (TPSA) is 76.7 Å². The molecule has 138 valence electrons. The van der Waals surface area contributed by atoms with E-state index in [-0.39, 0.29) is 11.8 Å². The van der Waals surface area contributed by atoms with Gasteiger partial charge in [-0.3, -0.25) is 9.59 Å². The number of methoxy groups -OCH3 is 1. The molecule has 0 unspecified atom stereocenters. The molecule has 0 aliphatic heterocycles. The van der Waals surface area contributed by atoms with E-state index in [0.29, 0.717) is 41.8 Å². The number of ether oxygens (including phenoxy) is 2. The fourth-order valence-corrected chi connectivity index (χ4v) is 2.31. The number of amides is 2. The lowest BCUT2D eigenvalue weighted by molar-refractivity contribution is -0.118. The lowest BCUT2D eigenvalue weighted by Gasteiger charge is -2.12. The van der Waals surface area contributed by atoms with E-state index in [2.05, 4.69) is 10.6 Å². The van der Waals surface area contributed by atoms with Gasteiger partial charge in [-0.05, 0) is 35.9 Å². The van der Waals surface area contributed by atoms with E-state index in [9.17, 15) is 9.59 Å². The summed E-state index contributed by atoms with van der Waals surface area (Å²) in [5.41, 5.74) is 1.42. The number of hydrogen-bond donors (Lipinski definition) is 2. The average molecular weight is 377 g/mol. The number of carbonyl (C=O) groups excluding carboxylic acids is 2. The number of nitrogens with one attached hydrogen (secondary N) is 2. The minimum atomic E-state index is -0.252. The molecule has 0 atom stereocenters. The Morgan fingerprint density at radius 1 is 1.00 bits per heavy atom. The van der Waals surface area contributed by atoms with Crippen molar-refractivity contribution in [2.24, 2.45) is 0 Å². The van der Waals surface area contributed by atoms with E-state index >= 15 is 0 Å². The predicted octanol–water partition coefficient (Wildman–Crippen LogP) is 2.79. The van der Waals surface area contributed by atoms with Gasteiger partial charge in [-0.2, -0.15) is 0 Å². The molecule has 0 radical (unpaired) electrons. The molecule has 0 saturated heterocycles. The molecule has 0 heterocycles. The fourth-order valence-electron chi connectivity index (χ4n) is 2.19. The van der Waals surface area contributed by atoms with Gasteiger partial charge >= 0.3 is 0 Å². The lowest BCUT2D eigenvalue weighted by atomic mass is 10.2. The van der Waals surface area contributed by atoms with Crippen molar-refractivity contribution in [3.8, 4) is 11.5 Å². The first kappa shape index (κ1) is 19.6. The van der Waals surface area contributed by atoms with Crippen LogP contribution in [0, 0.1) is 0 Å². The van der Waals surface area contributed by atoms with Crippen molar-refractivity contribution >= 4 is 23.4 Å². The van der Waals surface area contributed by atoms with Crippen LogP contribution in [0.1, 0.15) is 22.8 Å². The lowest BCUT2D eigenvalue weighted by Crippen LogP contribution is -2.33. The van der Waals surface area contributed by atoms with Gasteiger partial charge < -0.3 is 20.1 Å². The van der Waals surface area contributed by atoms with Crippen molar-refractivity contribution in [2.75, 3.05) is 20.2 Å². The molecule has 2 N–H and O–H groups in total. The number of halogens is 1. The number of hydrogen-bond acceptors (Lipinski definition) is 4. The normalized spacial score (nSPS) is 10.1. The SMILES string of the molecule is COc1cc(C(=O)NCCNC(C)=O)ccc1OCc1ccc(Cl)cc1. The standard InChI is InChI=1S/C19H21ClN2O4/c1-13(23)21-9-10-22-19(24)15-5-8-17(18(11-15)25-2)26-12-14-3-6-16(20)7-4-14/h3-8,11H,9-10,12H2,1-2H3,(H,21,23)(H,22,24). The summed E-state index contributed by atoms with van der Waals surface area (Å²) in [4.78, 5) is 22.9. The first-order chi connectivity index (χ1) is 12.5. The molecule has 2 aromatic rings. The van der Waals surface area contributed by atoms with Gasteiger partial charge in [-0.1, -0.05) is 23.7 Å². The zero-order valence-corrected chi connectivity index (χ0v) is 15.4. The zero-order chi connectivity index (χ0) is 18.9. The second kappa shape index (κ2) is 9.68. The molecule has 0 aliphatic carbocycles. The van der Waals surface area contributed by atoms with E-state index in [1.54, 1.807) is 30.3 Å². The summed E-state index contributed by atoms with van der Waals surface area (Å²) in [6, 6.07) is 12.3. The van der Waals surface area contributed by atoms with Crippen molar-refractivity contribution in [2.45, 2.75) is 13.5 Å². The predicted molar refractivity (Wildman–Crippen MR) is 99.8 cm³/mol. The Labute approximate surface area is 157 Å². The monoisotopic (exact) mass is 376 g/mol. The summed E-state index contributed by atoms with van der Waals surface area (Å²) in [6.45, 7) is 2.50. The van der Waals surface area contributed by atoms with Gasteiger partial charge in [-0.15, -0.1) is 0 Å². The Balaban J connectivity index is 1.96. The summed E-state index contributed by atoms with van der Waals surface area (Å²) in [6.07, 6.45) is 0. The van der Waals surface area contributed by atoms with Crippen molar-refractivity contribution in [3.63, 3.8) is 0 Å². The Morgan fingerprint density at radius 2 is 1.69 bits per heavy atom. The van der Waals surface area contributed by atoms with Gasteiger partial charge in [0.15, 0.2) is 11.5 Å². The highest BCUT2D eigenvalue weighted by Gasteiger charge is 2.11. The molecule has 2 amide bonds. The van der Waals surface area contributed by atoms with Gasteiger partial charge in [-0.25, -0.2) is 0 Å². The van der Waals surface area contributed by atoms with Crippen molar-refractivity contribution in [3.05, 3.63) is 58.6 Å². The van der Waals surface area contributed by atoms with Gasteiger partial charge in [0, 0.05) is 30.6 Å². The molecule has 0 spiro atoms. The molecule has 6 nitrogen and oxygen atoms in total. The van der Waals surface area contributed by atoms with Crippen molar-refractivity contribution in [1.82, 2.24) is 10.6 Å². The second-order valence-electron chi connectivity index (χ2n) is 5.52. The molecule has 0 aliphatic rings. The summed E-state index contributed by atoms with van der Waals surface area (Å²) in [7, 11) is 1.52. The highest BCUT2D eigenvalue weighted by atomic mass is 35.5. The highest BCUT2D eigenvalue weighted by molar-refractivity contribution is 6.30. The molecule has 7 heteroatoms. The van der Waals surface area contributed by atoms with Crippen LogP contribution in [0.5, 0.6) is 11.5 Å². The number of rotatable bonds is 8. The van der Waals surface area contributed by atoms with E-state index < -0.39 is 0 Å². The van der Waals surface area contributed by atoms with Crippen LogP contribution >= 0.6 is 11.6 Å². The Hall–Kier alpha value is -2.73. The van der Waals surface area contributed by atoms with Gasteiger partial charge in [0.2, 0.25) is 5.91 Å². The minimum Gasteiger partial charge on any atom is -0.493 e.